The van der Waals surface area contributed by atoms with Crippen LogP contribution in [0.1, 0.15) is 17.2 Å². The predicted octanol–water partition coefficient (Wildman–Crippen LogP) is 5.29. The number of aliphatic hydroxyl groups is 1. The Morgan fingerprint density at radius 3 is 2.59 bits per heavy atom. The molecule has 0 aliphatic heterocycles. The zero-order chi connectivity index (χ0) is 15.7. The second-order valence-corrected chi connectivity index (χ2v) is 6.26. The number of benzene rings is 2. The molecule has 0 aliphatic rings. The van der Waals surface area contributed by atoms with Crippen LogP contribution in [0.2, 0.25) is 5.02 Å². The number of aromatic nitrogens is 1. The van der Waals surface area contributed by atoms with Gasteiger partial charge >= 0.3 is 0 Å². The molecule has 112 valence electrons. The van der Waals surface area contributed by atoms with E-state index >= 15 is 0 Å². The summed E-state index contributed by atoms with van der Waals surface area (Å²) >= 11 is 9.59. The van der Waals surface area contributed by atoms with Crippen molar-refractivity contribution in [2.45, 2.75) is 13.0 Å². The molecule has 22 heavy (non-hydrogen) atoms. The van der Waals surface area contributed by atoms with E-state index in [1.807, 2.05) is 55.5 Å². The van der Waals surface area contributed by atoms with Crippen LogP contribution in [0.25, 0.3) is 22.2 Å². The fraction of sp³-hybridized carbons (Fsp3) is 0.167. The quantitative estimate of drug-likeness (QED) is 0.630. The van der Waals surface area contributed by atoms with E-state index in [-0.39, 0.29) is 0 Å². The van der Waals surface area contributed by atoms with Crippen molar-refractivity contribution in [1.29, 1.82) is 0 Å². The molecule has 1 aromatic heterocycles. The summed E-state index contributed by atoms with van der Waals surface area (Å²) in [6.07, 6.45) is -0.589. The van der Waals surface area contributed by atoms with Crippen LogP contribution in [-0.2, 0) is 0 Å². The largest absolute Gasteiger partial charge is 0.388 e. The summed E-state index contributed by atoms with van der Waals surface area (Å²) in [7, 11) is 0. The van der Waals surface area contributed by atoms with Crippen LogP contribution in [0.15, 0.2) is 48.5 Å². The first-order valence-corrected chi connectivity index (χ1v) is 8.51. The Hall–Kier alpha value is -1.42. The van der Waals surface area contributed by atoms with Crippen LogP contribution < -0.4 is 0 Å². The maximum atomic E-state index is 10.4. The zero-order valence-corrected chi connectivity index (χ0v) is 14.4. The second kappa shape index (κ2) is 6.37. The van der Waals surface area contributed by atoms with Crippen molar-refractivity contribution in [2.75, 3.05) is 5.33 Å². The highest BCUT2D eigenvalue weighted by atomic mass is 79.9. The standard InChI is InChI=1S/C18H15BrClNO/c1-11-15(20)8-7-13-14(17(22)10-19)9-16(21-18(11)13)12-5-3-2-4-6-12/h2-9,17,22H,10H2,1H3/t17-/m1/s1. The lowest BCUT2D eigenvalue weighted by molar-refractivity contribution is 0.207. The lowest BCUT2D eigenvalue weighted by Crippen LogP contribution is -2.02. The molecular weight excluding hydrogens is 362 g/mol. The molecule has 0 unspecified atom stereocenters. The molecule has 0 radical (unpaired) electrons. The number of hydrogen-bond donors (Lipinski definition) is 1. The summed E-state index contributed by atoms with van der Waals surface area (Å²) < 4.78 is 0. The van der Waals surface area contributed by atoms with Crippen molar-refractivity contribution in [1.82, 2.24) is 4.98 Å². The maximum Gasteiger partial charge on any atom is 0.0894 e. The van der Waals surface area contributed by atoms with E-state index in [9.17, 15) is 5.11 Å². The van der Waals surface area contributed by atoms with Gasteiger partial charge in [0.2, 0.25) is 0 Å². The predicted molar refractivity (Wildman–Crippen MR) is 95.7 cm³/mol. The maximum absolute atomic E-state index is 10.4. The molecule has 2 nitrogen and oxygen atoms in total. The number of pyridine rings is 1. The van der Waals surface area contributed by atoms with Crippen molar-refractivity contribution in [3.8, 4) is 11.3 Å². The van der Waals surface area contributed by atoms with Crippen molar-refractivity contribution in [3.05, 3.63) is 64.7 Å². The summed E-state index contributed by atoms with van der Waals surface area (Å²) in [6, 6.07) is 15.7. The van der Waals surface area contributed by atoms with Gasteiger partial charge in [-0.3, -0.25) is 0 Å². The lowest BCUT2D eigenvalue weighted by atomic mass is 9.99. The highest BCUT2D eigenvalue weighted by molar-refractivity contribution is 9.09. The fourth-order valence-electron chi connectivity index (χ4n) is 2.55. The third-order valence-corrected chi connectivity index (χ3v) is 4.80. The number of aliphatic hydroxyl groups excluding tert-OH is 1. The molecule has 0 spiro atoms. The first-order valence-electron chi connectivity index (χ1n) is 7.01. The van der Waals surface area contributed by atoms with Crippen molar-refractivity contribution in [2.24, 2.45) is 0 Å². The average molecular weight is 377 g/mol. The minimum absolute atomic E-state index is 0.474. The van der Waals surface area contributed by atoms with E-state index in [4.69, 9.17) is 16.6 Å². The molecule has 3 aromatic rings. The second-order valence-electron chi connectivity index (χ2n) is 5.20. The molecule has 2 aromatic carbocycles. The van der Waals surface area contributed by atoms with Gasteiger partial charge in [0, 0.05) is 21.3 Å². The third kappa shape index (κ3) is 2.76. The summed E-state index contributed by atoms with van der Waals surface area (Å²) in [5, 5.41) is 12.4. The van der Waals surface area contributed by atoms with Gasteiger partial charge in [0.05, 0.1) is 17.3 Å². The molecule has 0 bridgehead atoms. The first-order chi connectivity index (χ1) is 10.6. The van der Waals surface area contributed by atoms with Crippen LogP contribution in [0.3, 0.4) is 0 Å². The number of alkyl halides is 1. The Balaban J connectivity index is 2.34. The normalized spacial score (nSPS) is 12.5. The lowest BCUT2D eigenvalue weighted by Gasteiger charge is -2.15. The van der Waals surface area contributed by atoms with Crippen LogP contribution in [0, 0.1) is 6.92 Å². The molecule has 0 aliphatic carbocycles. The van der Waals surface area contributed by atoms with Gasteiger partial charge in [0.15, 0.2) is 0 Å². The van der Waals surface area contributed by atoms with Crippen molar-refractivity contribution in [3.63, 3.8) is 0 Å². The Kier molecular flexibility index (Phi) is 4.48. The third-order valence-electron chi connectivity index (χ3n) is 3.78. The van der Waals surface area contributed by atoms with Crippen LogP contribution in [0.4, 0.5) is 0 Å². The highest BCUT2D eigenvalue weighted by Crippen LogP contribution is 2.33. The Bertz CT molecular complexity index is 820. The van der Waals surface area contributed by atoms with E-state index in [1.54, 1.807) is 0 Å². The molecule has 0 saturated carbocycles. The molecule has 1 N–H and O–H groups in total. The Morgan fingerprint density at radius 2 is 1.91 bits per heavy atom. The van der Waals surface area contributed by atoms with Gasteiger partial charge in [-0.1, -0.05) is 63.9 Å². The van der Waals surface area contributed by atoms with Gasteiger partial charge in [-0.15, -0.1) is 0 Å². The zero-order valence-electron chi connectivity index (χ0n) is 12.1. The number of aryl methyl sites for hydroxylation is 1. The van der Waals surface area contributed by atoms with Crippen LogP contribution in [-0.4, -0.2) is 15.4 Å². The Labute approximate surface area is 142 Å². The number of nitrogens with zero attached hydrogens (tertiary/aromatic N) is 1. The fourth-order valence-corrected chi connectivity index (χ4v) is 3.05. The van der Waals surface area contributed by atoms with Gasteiger partial charge in [-0.05, 0) is 30.2 Å². The monoisotopic (exact) mass is 375 g/mol. The summed E-state index contributed by atoms with van der Waals surface area (Å²) in [6.45, 7) is 1.96. The number of fused-ring (bicyclic) bond motifs is 1. The average Bonchev–Trinajstić information content (AvgIpc) is 2.57. The van der Waals surface area contributed by atoms with Crippen LogP contribution >= 0.6 is 27.5 Å². The van der Waals surface area contributed by atoms with E-state index in [0.717, 1.165) is 33.3 Å². The molecule has 4 heteroatoms. The SMILES string of the molecule is Cc1c(Cl)ccc2c([C@H](O)CBr)cc(-c3ccccc3)nc12. The van der Waals surface area contributed by atoms with Gasteiger partial charge in [-0.25, -0.2) is 4.98 Å². The molecule has 0 saturated heterocycles. The van der Waals surface area contributed by atoms with E-state index < -0.39 is 6.10 Å². The van der Waals surface area contributed by atoms with Gasteiger partial charge < -0.3 is 5.11 Å². The topological polar surface area (TPSA) is 33.1 Å². The summed E-state index contributed by atoms with van der Waals surface area (Å²) in [5.74, 6) is 0. The summed E-state index contributed by atoms with van der Waals surface area (Å²) in [5.41, 5.74) is 4.49. The highest BCUT2D eigenvalue weighted by Gasteiger charge is 2.15. The van der Waals surface area contributed by atoms with Gasteiger partial charge in [0.1, 0.15) is 0 Å². The summed E-state index contributed by atoms with van der Waals surface area (Å²) in [4.78, 5) is 4.77. The molecule has 1 heterocycles. The Morgan fingerprint density at radius 1 is 1.18 bits per heavy atom. The number of halogens is 2. The molecule has 0 fully saturated rings. The van der Waals surface area contributed by atoms with Gasteiger partial charge in [-0.2, -0.15) is 0 Å². The molecule has 3 rings (SSSR count). The molecular formula is C18H15BrClNO. The van der Waals surface area contributed by atoms with E-state index in [2.05, 4.69) is 15.9 Å². The van der Waals surface area contributed by atoms with Crippen LogP contribution in [0.5, 0.6) is 0 Å². The first kappa shape index (κ1) is 15.5. The number of hydrogen-bond acceptors (Lipinski definition) is 2. The van der Waals surface area contributed by atoms with Crippen molar-refractivity contribution >= 4 is 38.4 Å². The van der Waals surface area contributed by atoms with Gasteiger partial charge in [0.25, 0.3) is 0 Å². The molecule has 0 amide bonds. The minimum Gasteiger partial charge on any atom is -0.388 e. The van der Waals surface area contributed by atoms with Crippen molar-refractivity contribution < 1.29 is 5.11 Å². The minimum atomic E-state index is -0.589. The smallest absolute Gasteiger partial charge is 0.0894 e. The number of rotatable bonds is 3. The van der Waals surface area contributed by atoms with E-state index in [0.29, 0.717) is 10.4 Å². The van der Waals surface area contributed by atoms with E-state index in [1.165, 1.54) is 0 Å². The molecule has 1 atom stereocenters.